The van der Waals surface area contributed by atoms with Gasteiger partial charge in [0.05, 0.1) is 5.41 Å². The van der Waals surface area contributed by atoms with Gasteiger partial charge in [-0.05, 0) is 29.5 Å². The molecule has 0 aromatic heterocycles. The van der Waals surface area contributed by atoms with Crippen molar-refractivity contribution in [2.45, 2.75) is 37.1 Å². The largest absolute Gasteiger partial charge is 0.481 e. The molecular weight excluding hydrogens is 362 g/mol. The van der Waals surface area contributed by atoms with Crippen molar-refractivity contribution >= 4 is 12.1 Å². The number of benzene rings is 2. The molecule has 2 aromatic rings. The Hall–Kier alpha value is -2.90. The summed E-state index contributed by atoms with van der Waals surface area (Å²) in [6.07, 6.45) is -1.94. The minimum Gasteiger partial charge on any atom is -0.481 e. The number of hydrogen-bond acceptors (Lipinski definition) is 5. The van der Waals surface area contributed by atoms with Crippen LogP contribution in [0.2, 0.25) is 0 Å². The molecule has 2 unspecified atom stereocenters. The molecule has 4 N–H and O–H groups in total. The Morgan fingerprint density at radius 1 is 1.04 bits per heavy atom. The lowest BCUT2D eigenvalue weighted by atomic mass is 9.93. The third-order valence-electron chi connectivity index (χ3n) is 5.00. The minimum atomic E-state index is -1.23. The fourth-order valence-corrected chi connectivity index (χ4v) is 3.05. The third kappa shape index (κ3) is 4.49. The molecule has 1 aliphatic carbocycles. The SMILES string of the molecule is O=C(NCC(O)C(O)c1ccc(C2(C(=O)O)CC2)cc1)OCc1ccccc1. The number of carboxylic acid groups (broad SMARTS) is 1. The average Bonchev–Trinajstić information content (AvgIpc) is 3.53. The predicted octanol–water partition coefficient (Wildman–Crippen LogP) is 2.12. The number of hydrogen-bond donors (Lipinski definition) is 4. The van der Waals surface area contributed by atoms with E-state index >= 15 is 0 Å². The maximum atomic E-state index is 11.7. The van der Waals surface area contributed by atoms with Gasteiger partial charge < -0.3 is 25.4 Å². The number of alkyl carbamates (subject to hydrolysis) is 1. The minimum absolute atomic E-state index is 0.109. The second-order valence-corrected chi connectivity index (χ2v) is 6.96. The summed E-state index contributed by atoms with van der Waals surface area (Å²) in [5, 5.41) is 32.1. The smallest absolute Gasteiger partial charge is 0.407 e. The normalized spacial score (nSPS) is 16.6. The van der Waals surface area contributed by atoms with Gasteiger partial charge in [-0.3, -0.25) is 4.79 Å². The van der Waals surface area contributed by atoms with Gasteiger partial charge in [-0.1, -0.05) is 54.6 Å². The molecule has 0 bridgehead atoms. The number of rotatable bonds is 8. The molecule has 28 heavy (non-hydrogen) atoms. The van der Waals surface area contributed by atoms with Gasteiger partial charge in [0.25, 0.3) is 0 Å². The summed E-state index contributed by atoms with van der Waals surface area (Å²) >= 11 is 0. The Morgan fingerprint density at radius 3 is 2.25 bits per heavy atom. The first kappa shape index (κ1) is 19.9. The average molecular weight is 385 g/mol. The highest BCUT2D eigenvalue weighted by Crippen LogP contribution is 2.48. The van der Waals surface area contributed by atoms with E-state index in [1.807, 2.05) is 30.3 Å². The second kappa shape index (κ2) is 8.41. The van der Waals surface area contributed by atoms with E-state index in [2.05, 4.69) is 5.32 Å². The summed E-state index contributed by atoms with van der Waals surface area (Å²) in [7, 11) is 0. The molecular formula is C21H23NO6. The van der Waals surface area contributed by atoms with Crippen molar-refractivity contribution in [1.29, 1.82) is 0 Å². The van der Waals surface area contributed by atoms with Crippen LogP contribution in [0.5, 0.6) is 0 Å². The van der Waals surface area contributed by atoms with Gasteiger partial charge in [-0.2, -0.15) is 0 Å². The highest BCUT2D eigenvalue weighted by Gasteiger charge is 2.51. The van der Waals surface area contributed by atoms with Crippen LogP contribution in [-0.4, -0.2) is 40.0 Å². The van der Waals surface area contributed by atoms with E-state index in [4.69, 9.17) is 4.74 Å². The number of aliphatic hydroxyl groups is 2. The van der Waals surface area contributed by atoms with Crippen LogP contribution >= 0.6 is 0 Å². The molecule has 2 atom stereocenters. The van der Waals surface area contributed by atoms with E-state index in [-0.39, 0.29) is 13.2 Å². The van der Waals surface area contributed by atoms with Crippen molar-refractivity contribution in [3.8, 4) is 0 Å². The van der Waals surface area contributed by atoms with Crippen LogP contribution in [-0.2, 0) is 21.6 Å². The van der Waals surface area contributed by atoms with E-state index in [9.17, 15) is 24.9 Å². The highest BCUT2D eigenvalue weighted by molar-refractivity contribution is 5.84. The lowest BCUT2D eigenvalue weighted by molar-refractivity contribution is -0.140. The van der Waals surface area contributed by atoms with Crippen molar-refractivity contribution in [1.82, 2.24) is 5.32 Å². The van der Waals surface area contributed by atoms with E-state index in [0.717, 1.165) is 5.56 Å². The molecule has 0 heterocycles. The Balaban J connectivity index is 1.48. The summed E-state index contributed by atoms with van der Waals surface area (Å²) in [5.74, 6) is -0.848. The van der Waals surface area contributed by atoms with Gasteiger partial charge in [0, 0.05) is 6.54 Å². The molecule has 1 amide bonds. The molecule has 1 saturated carbocycles. The first-order valence-electron chi connectivity index (χ1n) is 9.07. The van der Waals surface area contributed by atoms with Gasteiger partial charge in [0.1, 0.15) is 18.8 Å². The number of aliphatic carboxylic acids is 1. The molecule has 1 fully saturated rings. The summed E-state index contributed by atoms with van der Waals surface area (Å²) in [5.41, 5.74) is 1.16. The Bertz CT molecular complexity index is 817. The van der Waals surface area contributed by atoms with Crippen LogP contribution in [0.25, 0.3) is 0 Å². The van der Waals surface area contributed by atoms with Crippen LogP contribution in [0.15, 0.2) is 54.6 Å². The summed E-state index contributed by atoms with van der Waals surface area (Å²) in [6.45, 7) is -0.0757. The summed E-state index contributed by atoms with van der Waals surface area (Å²) < 4.78 is 5.05. The van der Waals surface area contributed by atoms with Gasteiger partial charge in [0.15, 0.2) is 0 Å². The van der Waals surface area contributed by atoms with Crippen LogP contribution in [0, 0.1) is 0 Å². The number of ether oxygens (including phenoxy) is 1. The van der Waals surface area contributed by atoms with Gasteiger partial charge in [-0.25, -0.2) is 4.79 Å². The summed E-state index contributed by atoms with van der Waals surface area (Å²) in [4.78, 5) is 23.1. The molecule has 0 spiro atoms. The van der Waals surface area contributed by atoms with E-state index in [1.165, 1.54) is 0 Å². The topological polar surface area (TPSA) is 116 Å². The van der Waals surface area contributed by atoms with Gasteiger partial charge >= 0.3 is 12.1 Å². The van der Waals surface area contributed by atoms with Gasteiger partial charge in [0.2, 0.25) is 0 Å². The number of carbonyl (C=O) groups excluding carboxylic acids is 1. The van der Waals surface area contributed by atoms with E-state index < -0.39 is 29.7 Å². The first-order chi connectivity index (χ1) is 13.4. The van der Waals surface area contributed by atoms with Crippen LogP contribution in [0.4, 0.5) is 4.79 Å². The zero-order valence-electron chi connectivity index (χ0n) is 15.2. The van der Waals surface area contributed by atoms with Gasteiger partial charge in [-0.15, -0.1) is 0 Å². The molecule has 7 nitrogen and oxygen atoms in total. The van der Waals surface area contributed by atoms with E-state index in [1.54, 1.807) is 24.3 Å². The van der Waals surface area contributed by atoms with Crippen LogP contribution < -0.4 is 5.32 Å². The molecule has 0 saturated heterocycles. The standard InChI is InChI=1S/C21H23NO6/c23-17(12-22-20(27)28-13-14-4-2-1-3-5-14)18(24)15-6-8-16(9-7-15)21(10-11-21)19(25)26/h1-9,17-18,23-24H,10-13H2,(H,22,27)(H,25,26). The lowest BCUT2D eigenvalue weighted by Crippen LogP contribution is -2.35. The Labute approximate surface area is 162 Å². The highest BCUT2D eigenvalue weighted by atomic mass is 16.5. The fraction of sp³-hybridized carbons (Fsp3) is 0.333. The Morgan fingerprint density at radius 2 is 1.68 bits per heavy atom. The second-order valence-electron chi connectivity index (χ2n) is 6.96. The molecule has 0 aliphatic heterocycles. The molecule has 148 valence electrons. The zero-order chi connectivity index (χ0) is 20.1. The number of carboxylic acids is 1. The maximum Gasteiger partial charge on any atom is 0.407 e. The fourth-order valence-electron chi connectivity index (χ4n) is 3.05. The van der Waals surface area contributed by atoms with Crippen LogP contribution in [0.3, 0.4) is 0 Å². The predicted molar refractivity (Wildman–Crippen MR) is 101 cm³/mol. The lowest BCUT2D eigenvalue weighted by Gasteiger charge is -2.19. The number of aliphatic hydroxyl groups excluding tert-OH is 2. The molecule has 3 rings (SSSR count). The Kier molecular flexibility index (Phi) is 5.96. The first-order valence-corrected chi connectivity index (χ1v) is 9.07. The van der Waals surface area contributed by atoms with E-state index in [0.29, 0.717) is 24.0 Å². The van der Waals surface area contributed by atoms with Crippen molar-refractivity contribution in [3.05, 3.63) is 71.3 Å². The molecule has 2 aromatic carbocycles. The number of amides is 1. The quantitative estimate of drug-likeness (QED) is 0.553. The van der Waals surface area contributed by atoms with Crippen molar-refractivity contribution in [3.63, 3.8) is 0 Å². The maximum absolute atomic E-state index is 11.7. The third-order valence-corrected chi connectivity index (χ3v) is 5.00. The number of carbonyl (C=O) groups is 2. The summed E-state index contributed by atoms with van der Waals surface area (Å²) in [6, 6.07) is 15.7. The van der Waals surface area contributed by atoms with Crippen LogP contribution in [0.1, 0.15) is 35.6 Å². The molecule has 7 heteroatoms. The van der Waals surface area contributed by atoms with Crippen molar-refractivity contribution in [2.24, 2.45) is 0 Å². The monoisotopic (exact) mass is 385 g/mol. The van der Waals surface area contributed by atoms with Crippen molar-refractivity contribution < 1.29 is 29.6 Å². The molecule has 1 aliphatic rings. The zero-order valence-corrected chi connectivity index (χ0v) is 15.2. The van der Waals surface area contributed by atoms with Crippen molar-refractivity contribution in [2.75, 3.05) is 6.54 Å². The molecule has 0 radical (unpaired) electrons. The number of nitrogens with one attached hydrogen (secondary N) is 1.